The van der Waals surface area contributed by atoms with Gasteiger partial charge in [-0.2, -0.15) is 0 Å². The Morgan fingerprint density at radius 3 is 2.50 bits per heavy atom. The van der Waals surface area contributed by atoms with E-state index in [-0.39, 0.29) is 11.8 Å². The summed E-state index contributed by atoms with van der Waals surface area (Å²) < 4.78 is 0. The lowest BCUT2D eigenvalue weighted by Gasteiger charge is -2.49. The third kappa shape index (κ3) is 1.80. The molecule has 0 unspecified atom stereocenters. The molecule has 1 fully saturated rings. The lowest BCUT2D eigenvalue weighted by molar-refractivity contribution is -0.110. The van der Waals surface area contributed by atoms with E-state index in [0.717, 1.165) is 0 Å². The average molecular weight is 220 g/mol. The minimum absolute atomic E-state index is 0.0345. The van der Waals surface area contributed by atoms with Gasteiger partial charge in [-0.25, -0.2) is 0 Å². The fraction of sp³-hybridized carbons (Fsp3) is 0.500. The summed E-state index contributed by atoms with van der Waals surface area (Å²) in [4.78, 5) is 17.5. The van der Waals surface area contributed by atoms with Gasteiger partial charge in [-0.1, -0.05) is 13.8 Å². The summed E-state index contributed by atoms with van der Waals surface area (Å²) in [5, 5.41) is 10.0. The predicted octanol–water partition coefficient (Wildman–Crippen LogP) is 0.925. The number of β-amino-alcohol motifs (C(OH)–C–C–N with tert-alkyl or cyclic N) is 1. The summed E-state index contributed by atoms with van der Waals surface area (Å²) in [6.07, 6.45) is 3.20. The first-order chi connectivity index (χ1) is 7.53. The smallest absolute Gasteiger partial charge is 0.254 e. The summed E-state index contributed by atoms with van der Waals surface area (Å²) in [6.45, 7) is 4.78. The van der Waals surface area contributed by atoms with Gasteiger partial charge in [0.1, 0.15) is 5.60 Å². The Bertz CT molecular complexity index is 383. The maximum Gasteiger partial charge on any atom is 0.254 e. The molecule has 1 saturated heterocycles. The second kappa shape index (κ2) is 3.87. The van der Waals surface area contributed by atoms with E-state index in [9.17, 15) is 9.90 Å². The molecule has 0 atom stereocenters. The van der Waals surface area contributed by atoms with Crippen LogP contribution in [0.4, 0.5) is 0 Å². The molecule has 0 bridgehead atoms. The highest BCUT2D eigenvalue weighted by molar-refractivity contribution is 5.94. The van der Waals surface area contributed by atoms with Crippen LogP contribution < -0.4 is 0 Å². The maximum absolute atomic E-state index is 11.9. The Morgan fingerprint density at radius 1 is 1.44 bits per heavy atom. The van der Waals surface area contributed by atoms with Crippen molar-refractivity contribution in [1.82, 2.24) is 9.88 Å². The van der Waals surface area contributed by atoms with Gasteiger partial charge in [0.2, 0.25) is 0 Å². The van der Waals surface area contributed by atoms with E-state index in [1.54, 1.807) is 29.4 Å². The van der Waals surface area contributed by atoms with Crippen LogP contribution in [-0.2, 0) is 0 Å². The monoisotopic (exact) mass is 220 g/mol. The van der Waals surface area contributed by atoms with Crippen LogP contribution in [0.5, 0.6) is 0 Å². The zero-order valence-electron chi connectivity index (χ0n) is 9.55. The molecule has 0 spiro atoms. The Labute approximate surface area is 94.9 Å². The molecule has 4 heteroatoms. The molecule has 1 aromatic rings. The van der Waals surface area contributed by atoms with Gasteiger partial charge in [0.15, 0.2) is 0 Å². The third-order valence-electron chi connectivity index (χ3n) is 3.22. The highest BCUT2D eigenvalue weighted by Gasteiger charge is 2.45. The summed E-state index contributed by atoms with van der Waals surface area (Å²) in [6, 6.07) is 3.38. The van der Waals surface area contributed by atoms with Gasteiger partial charge in [-0.3, -0.25) is 9.78 Å². The number of aliphatic hydroxyl groups is 1. The van der Waals surface area contributed by atoms with Gasteiger partial charge >= 0.3 is 0 Å². The van der Waals surface area contributed by atoms with Crippen molar-refractivity contribution in [3.8, 4) is 0 Å². The van der Waals surface area contributed by atoms with Gasteiger partial charge in [-0.15, -0.1) is 0 Å². The minimum atomic E-state index is -0.706. The molecule has 1 amide bonds. The fourth-order valence-electron chi connectivity index (χ4n) is 1.80. The van der Waals surface area contributed by atoms with Crippen LogP contribution in [0.3, 0.4) is 0 Å². The van der Waals surface area contributed by atoms with E-state index in [1.165, 1.54) is 0 Å². The molecule has 0 saturated carbocycles. The van der Waals surface area contributed by atoms with Crippen molar-refractivity contribution in [3.05, 3.63) is 30.1 Å². The second-order valence-corrected chi connectivity index (χ2v) is 4.66. The number of hydrogen-bond donors (Lipinski definition) is 1. The predicted molar refractivity (Wildman–Crippen MR) is 59.9 cm³/mol. The zero-order valence-corrected chi connectivity index (χ0v) is 9.55. The van der Waals surface area contributed by atoms with E-state index in [2.05, 4.69) is 4.98 Å². The van der Waals surface area contributed by atoms with E-state index < -0.39 is 5.60 Å². The van der Waals surface area contributed by atoms with Crippen LogP contribution in [-0.4, -0.2) is 39.6 Å². The van der Waals surface area contributed by atoms with Crippen molar-refractivity contribution in [3.63, 3.8) is 0 Å². The van der Waals surface area contributed by atoms with Crippen molar-refractivity contribution in [2.45, 2.75) is 19.4 Å². The molecular weight excluding hydrogens is 204 g/mol. The first kappa shape index (κ1) is 11.1. The number of likely N-dealkylation sites (tertiary alicyclic amines) is 1. The molecule has 0 aliphatic carbocycles. The standard InChI is InChI=1S/C12H16N2O2/c1-9(2)12(16)7-14(8-12)11(15)10-3-5-13-6-4-10/h3-6,9,16H,7-8H2,1-2H3. The molecule has 1 aliphatic heterocycles. The highest BCUT2D eigenvalue weighted by atomic mass is 16.3. The van der Waals surface area contributed by atoms with Crippen molar-refractivity contribution >= 4 is 5.91 Å². The second-order valence-electron chi connectivity index (χ2n) is 4.66. The molecule has 2 rings (SSSR count). The molecule has 0 radical (unpaired) electrons. The summed E-state index contributed by atoms with van der Waals surface area (Å²) in [7, 11) is 0. The molecule has 86 valence electrons. The topological polar surface area (TPSA) is 53.4 Å². The van der Waals surface area contributed by atoms with Gasteiger partial charge in [0.05, 0.1) is 13.1 Å². The zero-order chi connectivity index (χ0) is 11.8. The minimum Gasteiger partial charge on any atom is -0.386 e. The Morgan fingerprint density at radius 2 is 2.00 bits per heavy atom. The molecule has 1 aromatic heterocycles. The molecule has 1 aliphatic rings. The summed E-state index contributed by atoms with van der Waals surface area (Å²) >= 11 is 0. The van der Waals surface area contributed by atoms with Crippen LogP contribution in [0.2, 0.25) is 0 Å². The van der Waals surface area contributed by atoms with Crippen LogP contribution in [0.1, 0.15) is 24.2 Å². The summed E-state index contributed by atoms with van der Waals surface area (Å²) in [5.41, 5.74) is -0.0799. The number of pyridine rings is 1. The van der Waals surface area contributed by atoms with Crippen LogP contribution in [0, 0.1) is 5.92 Å². The number of amides is 1. The largest absolute Gasteiger partial charge is 0.386 e. The molecule has 0 aromatic carbocycles. The molecule has 2 heterocycles. The molecular formula is C12H16N2O2. The van der Waals surface area contributed by atoms with E-state index >= 15 is 0 Å². The van der Waals surface area contributed by atoms with Crippen molar-refractivity contribution < 1.29 is 9.90 Å². The Balaban J connectivity index is 2.01. The van der Waals surface area contributed by atoms with Crippen molar-refractivity contribution in [1.29, 1.82) is 0 Å². The molecule has 4 nitrogen and oxygen atoms in total. The van der Waals surface area contributed by atoms with Crippen molar-refractivity contribution in [2.75, 3.05) is 13.1 Å². The normalized spacial score (nSPS) is 18.4. The number of carbonyl (C=O) groups is 1. The maximum atomic E-state index is 11.9. The average Bonchev–Trinajstić information content (AvgIpc) is 2.25. The van der Waals surface area contributed by atoms with E-state index in [4.69, 9.17) is 0 Å². The lowest BCUT2D eigenvalue weighted by atomic mass is 9.82. The highest BCUT2D eigenvalue weighted by Crippen LogP contribution is 2.29. The molecule has 16 heavy (non-hydrogen) atoms. The van der Waals surface area contributed by atoms with Crippen LogP contribution in [0.25, 0.3) is 0 Å². The van der Waals surface area contributed by atoms with Crippen LogP contribution >= 0.6 is 0 Å². The number of nitrogens with zero attached hydrogens (tertiary/aromatic N) is 2. The Hall–Kier alpha value is -1.42. The number of aromatic nitrogens is 1. The lowest BCUT2D eigenvalue weighted by Crippen LogP contribution is -2.65. The SMILES string of the molecule is CC(C)C1(O)CN(C(=O)c2ccncc2)C1. The van der Waals surface area contributed by atoms with E-state index in [1.807, 2.05) is 13.8 Å². The van der Waals surface area contributed by atoms with Crippen LogP contribution in [0.15, 0.2) is 24.5 Å². The van der Waals surface area contributed by atoms with E-state index in [0.29, 0.717) is 18.7 Å². The number of hydrogen-bond acceptors (Lipinski definition) is 3. The van der Waals surface area contributed by atoms with Gasteiger partial charge in [-0.05, 0) is 18.1 Å². The summed E-state index contributed by atoms with van der Waals surface area (Å²) in [5.74, 6) is 0.140. The number of rotatable bonds is 2. The Kier molecular flexibility index (Phi) is 2.68. The fourth-order valence-corrected chi connectivity index (χ4v) is 1.80. The molecule has 1 N–H and O–H groups in total. The van der Waals surface area contributed by atoms with Gasteiger partial charge < -0.3 is 10.0 Å². The van der Waals surface area contributed by atoms with Gasteiger partial charge in [0.25, 0.3) is 5.91 Å². The first-order valence-corrected chi connectivity index (χ1v) is 5.44. The first-order valence-electron chi connectivity index (χ1n) is 5.44. The van der Waals surface area contributed by atoms with Gasteiger partial charge in [0, 0.05) is 18.0 Å². The third-order valence-corrected chi connectivity index (χ3v) is 3.22. The quantitative estimate of drug-likeness (QED) is 0.806. The van der Waals surface area contributed by atoms with Crippen molar-refractivity contribution in [2.24, 2.45) is 5.92 Å². The number of carbonyl (C=O) groups excluding carboxylic acids is 1.